The summed E-state index contributed by atoms with van der Waals surface area (Å²) in [6.07, 6.45) is 3.32. The number of nitrogens with zero attached hydrogens (tertiary/aromatic N) is 3. The minimum atomic E-state index is -0.239. The Hall–Kier alpha value is -1.83. The first-order valence-electron chi connectivity index (χ1n) is 8.25. The topological polar surface area (TPSA) is 81.5 Å². The van der Waals surface area contributed by atoms with E-state index in [1.807, 2.05) is 0 Å². The second-order valence-electron chi connectivity index (χ2n) is 6.04. The number of thioether (sulfide) groups is 1. The van der Waals surface area contributed by atoms with E-state index in [0.717, 1.165) is 12.8 Å². The molecule has 2 aliphatic rings. The fraction of sp³-hybridized carbons (Fsp3) is 0.625. The van der Waals surface area contributed by atoms with Crippen LogP contribution in [0.4, 0.5) is 0 Å². The number of esters is 1. The summed E-state index contributed by atoms with van der Waals surface area (Å²) in [5.74, 6) is 0.195. The number of carbonyl (C=O) groups excluding carboxylic acids is 2. The molecule has 130 valence electrons. The van der Waals surface area contributed by atoms with E-state index in [4.69, 9.17) is 4.74 Å². The van der Waals surface area contributed by atoms with Gasteiger partial charge in [0.1, 0.15) is 0 Å². The summed E-state index contributed by atoms with van der Waals surface area (Å²) in [4.78, 5) is 42.5. The van der Waals surface area contributed by atoms with Crippen LogP contribution in [0.1, 0.15) is 32.2 Å². The summed E-state index contributed by atoms with van der Waals surface area (Å²) in [5, 5.41) is 0.670. The number of fused-ring (bicyclic) bond motifs is 1. The molecule has 3 heterocycles. The summed E-state index contributed by atoms with van der Waals surface area (Å²) in [6.45, 7) is 3.20. The molecule has 0 aliphatic carbocycles. The van der Waals surface area contributed by atoms with Gasteiger partial charge in [-0.15, -0.1) is 0 Å². The minimum Gasteiger partial charge on any atom is -0.466 e. The lowest BCUT2D eigenvalue weighted by atomic mass is 9.97. The molecule has 1 aromatic heterocycles. The fourth-order valence-electron chi connectivity index (χ4n) is 3.23. The van der Waals surface area contributed by atoms with E-state index in [9.17, 15) is 14.4 Å². The van der Waals surface area contributed by atoms with Gasteiger partial charge in [0.25, 0.3) is 5.56 Å². The molecular weight excluding hydrogens is 330 g/mol. The van der Waals surface area contributed by atoms with Crippen molar-refractivity contribution in [2.24, 2.45) is 5.92 Å². The van der Waals surface area contributed by atoms with Gasteiger partial charge >= 0.3 is 5.97 Å². The third-order valence-corrected chi connectivity index (χ3v) is 5.53. The van der Waals surface area contributed by atoms with Crippen LogP contribution in [0.5, 0.6) is 0 Å². The Morgan fingerprint density at radius 1 is 1.46 bits per heavy atom. The average Bonchev–Trinajstić information content (AvgIpc) is 2.99. The van der Waals surface area contributed by atoms with Gasteiger partial charge in [-0.2, -0.15) is 0 Å². The van der Waals surface area contributed by atoms with Crippen molar-refractivity contribution in [3.63, 3.8) is 0 Å². The highest BCUT2D eigenvalue weighted by molar-refractivity contribution is 7.99. The number of ether oxygens (including phenoxy) is 1. The quantitative estimate of drug-likeness (QED) is 0.596. The van der Waals surface area contributed by atoms with E-state index in [-0.39, 0.29) is 35.8 Å². The molecule has 2 aliphatic heterocycles. The number of hydrogen-bond donors (Lipinski definition) is 0. The second-order valence-corrected chi connectivity index (χ2v) is 7.02. The maximum Gasteiger partial charge on any atom is 0.310 e. The van der Waals surface area contributed by atoms with Gasteiger partial charge in [0.2, 0.25) is 5.91 Å². The molecule has 1 amide bonds. The molecule has 0 radical (unpaired) electrons. The van der Waals surface area contributed by atoms with Gasteiger partial charge in [0.05, 0.1) is 18.6 Å². The number of rotatable bonds is 4. The molecule has 1 fully saturated rings. The zero-order valence-corrected chi connectivity index (χ0v) is 14.5. The molecule has 3 rings (SSSR count). The standard InChI is InChI=1S/C16H21N3O4S/c1-2-23-15(22)11-4-3-7-18(9-11)14(21)8-12-10-24-16-17-6-5-13(20)19(12)16/h5-6,11-12H,2-4,7-10H2,1H3/t11-,12-/m0/s1. The minimum absolute atomic E-state index is 0.0156. The van der Waals surface area contributed by atoms with Crippen LogP contribution in [-0.4, -0.2) is 51.8 Å². The number of likely N-dealkylation sites (tertiary alicyclic amines) is 1. The van der Waals surface area contributed by atoms with Crippen molar-refractivity contribution in [2.45, 2.75) is 37.4 Å². The first-order valence-corrected chi connectivity index (χ1v) is 9.23. The molecular formula is C16H21N3O4S. The Balaban J connectivity index is 1.64. The summed E-state index contributed by atoms with van der Waals surface area (Å²) < 4.78 is 6.68. The van der Waals surface area contributed by atoms with E-state index in [1.165, 1.54) is 24.0 Å². The van der Waals surface area contributed by atoms with Crippen LogP contribution in [0, 0.1) is 5.92 Å². The zero-order chi connectivity index (χ0) is 17.1. The van der Waals surface area contributed by atoms with E-state index < -0.39 is 0 Å². The smallest absolute Gasteiger partial charge is 0.310 e. The lowest BCUT2D eigenvalue weighted by Crippen LogP contribution is -2.43. The number of piperidine rings is 1. The van der Waals surface area contributed by atoms with Gasteiger partial charge < -0.3 is 9.64 Å². The third kappa shape index (κ3) is 3.48. The average molecular weight is 351 g/mol. The molecule has 0 spiro atoms. The molecule has 2 atom stereocenters. The Kier molecular flexibility index (Phi) is 5.23. The maximum atomic E-state index is 12.6. The summed E-state index contributed by atoms with van der Waals surface area (Å²) >= 11 is 1.50. The number of carbonyl (C=O) groups is 2. The van der Waals surface area contributed by atoms with Gasteiger partial charge in [0.15, 0.2) is 5.16 Å². The molecule has 0 N–H and O–H groups in total. The summed E-state index contributed by atoms with van der Waals surface area (Å²) in [6, 6.07) is 1.26. The van der Waals surface area contributed by atoms with Crippen molar-refractivity contribution >= 4 is 23.6 Å². The van der Waals surface area contributed by atoms with Crippen LogP contribution in [0.3, 0.4) is 0 Å². The van der Waals surface area contributed by atoms with E-state index in [0.29, 0.717) is 30.6 Å². The lowest BCUT2D eigenvalue weighted by molar-refractivity contribution is -0.151. The van der Waals surface area contributed by atoms with Gasteiger partial charge in [0, 0.05) is 37.5 Å². The number of amides is 1. The first kappa shape index (κ1) is 17.0. The fourth-order valence-corrected chi connectivity index (χ4v) is 4.35. The molecule has 8 heteroatoms. The highest BCUT2D eigenvalue weighted by Gasteiger charge is 2.32. The van der Waals surface area contributed by atoms with Crippen molar-refractivity contribution in [1.82, 2.24) is 14.5 Å². The van der Waals surface area contributed by atoms with Crippen molar-refractivity contribution < 1.29 is 14.3 Å². The van der Waals surface area contributed by atoms with Crippen molar-refractivity contribution in [3.8, 4) is 0 Å². The van der Waals surface area contributed by atoms with Crippen molar-refractivity contribution in [2.75, 3.05) is 25.4 Å². The summed E-state index contributed by atoms with van der Waals surface area (Å²) in [5.41, 5.74) is -0.120. The third-order valence-electron chi connectivity index (χ3n) is 4.42. The Bertz CT molecular complexity index is 690. The SMILES string of the molecule is CCOC(=O)[C@H]1CCCN(C(=O)C[C@H]2CSc3nccc(=O)n32)C1. The van der Waals surface area contributed by atoms with Crippen molar-refractivity contribution in [1.29, 1.82) is 0 Å². The maximum absolute atomic E-state index is 12.6. The zero-order valence-electron chi connectivity index (χ0n) is 13.6. The predicted molar refractivity (Wildman–Crippen MR) is 88.8 cm³/mol. The molecule has 0 bridgehead atoms. The highest BCUT2D eigenvalue weighted by atomic mass is 32.2. The van der Waals surface area contributed by atoms with Crippen LogP contribution in [0.25, 0.3) is 0 Å². The Morgan fingerprint density at radius 3 is 3.08 bits per heavy atom. The molecule has 0 aromatic carbocycles. The van der Waals surface area contributed by atoms with E-state index >= 15 is 0 Å². The van der Waals surface area contributed by atoms with Crippen LogP contribution in [-0.2, 0) is 14.3 Å². The van der Waals surface area contributed by atoms with E-state index in [2.05, 4.69) is 4.98 Å². The molecule has 7 nitrogen and oxygen atoms in total. The highest BCUT2D eigenvalue weighted by Crippen LogP contribution is 2.32. The normalized spacial score (nSPS) is 23.0. The molecule has 0 saturated carbocycles. The van der Waals surface area contributed by atoms with Gasteiger partial charge in [-0.1, -0.05) is 11.8 Å². The van der Waals surface area contributed by atoms with Gasteiger partial charge in [-0.3, -0.25) is 19.0 Å². The van der Waals surface area contributed by atoms with Crippen LogP contribution < -0.4 is 5.56 Å². The van der Waals surface area contributed by atoms with Crippen LogP contribution >= 0.6 is 11.8 Å². The largest absolute Gasteiger partial charge is 0.466 e. The Morgan fingerprint density at radius 2 is 2.29 bits per heavy atom. The number of aromatic nitrogens is 2. The molecule has 1 aromatic rings. The van der Waals surface area contributed by atoms with Gasteiger partial charge in [-0.25, -0.2) is 4.98 Å². The lowest BCUT2D eigenvalue weighted by Gasteiger charge is -2.32. The van der Waals surface area contributed by atoms with Gasteiger partial charge in [-0.05, 0) is 19.8 Å². The van der Waals surface area contributed by atoms with Crippen LogP contribution in [0.2, 0.25) is 0 Å². The first-order chi connectivity index (χ1) is 11.6. The molecule has 24 heavy (non-hydrogen) atoms. The monoisotopic (exact) mass is 351 g/mol. The predicted octanol–water partition coefficient (Wildman–Crippen LogP) is 1.08. The second kappa shape index (κ2) is 7.38. The molecule has 0 unspecified atom stereocenters. The Labute approximate surface area is 144 Å². The molecule has 1 saturated heterocycles. The number of hydrogen-bond acceptors (Lipinski definition) is 6. The van der Waals surface area contributed by atoms with E-state index in [1.54, 1.807) is 16.4 Å². The summed E-state index contributed by atoms with van der Waals surface area (Å²) in [7, 11) is 0. The van der Waals surface area contributed by atoms with Crippen molar-refractivity contribution in [3.05, 3.63) is 22.6 Å². The van der Waals surface area contributed by atoms with Crippen LogP contribution in [0.15, 0.2) is 22.2 Å².